The summed E-state index contributed by atoms with van der Waals surface area (Å²) in [4.78, 5) is 37.1. The Morgan fingerprint density at radius 1 is 1.05 bits per heavy atom. The van der Waals surface area contributed by atoms with Crippen LogP contribution < -0.4 is 10.1 Å². The lowest BCUT2D eigenvalue weighted by molar-refractivity contribution is -0.384. The number of amides is 1. The molecule has 3 N–H and O–H groups in total. The van der Waals surface area contributed by atoms with Crippen molar-refractivity contribution in [2.75, 3.05) is 6.61 Å². The summed E-state index contributed by atoms with van der Waals surface area (Å²) < 4.78 is 37.5. The maximum absolute atomic E-state index is 13.4. The second-order valence-electron chi connectivity index (χ2n) is 9.70. The number of likely N-dealkylation sites (tertiary alicyclic amines) is 1. The average Bonchev–Trinajstić information content (AvgIpc) is 3.00. The summed E-state index contributed by atoms with van der Waals surface area (Å²) in [5.41, 5.74) is 0.545. The van der Waals surface area contributed by atoms with E-state index in [4.69, 9.17) is 9.47 Å². The van der Waals surface area contributed by atoms with Crippen LogP contribution in [0.3, 0.4) is 0 Å². The smallest absolute Gasteiger partial charge is 0.358 e. The second kappa shape index (κ2) is 13.8. The molecule has 1 amide bonds. The van der Waals surface area contributed by atoms with E-state index in [1.807, 2.05) is 0 Å². The maximum Gasteiger partial charge on any atom is 0.358 e. The molecule has 0 aromatic heterocycles. The first-order valence-electron chi connectivity index (χ1n) is 13.1. The molecule has 0 bridgehead atoms. The summed E-state index contributed by atoms with van der Waals surface area (Å²) in [7, 11) is -3.73. The zero-order valence-corrected chi connectivity index (χ0v) is 25.2. The van der Waals surface area contributed by atoms with Gasteiger partial charge in [0.25, 0.3) is 11.6 Å². The number of para-hydroxylation sites is 1. The van der Waals surface area contributed by atoms with Crippen LogP contribution in [0, 0.1) is 17.0 Å². The van der Waals surface area contributed by atoms with Crippen molar-refractivity contribution in [3.8, 4) is 5.75 Å². The van der Waals surface area contributed by atoms with Crippen LogP contribution in [-0.4, -0.2) is 64.6 Å². The predicted octanol–water partition coefficient (Wildman–Crippen LogP) is 3.38. The SMILES string of the molecule is C/C(O)=C(/C(=O)OCc1ccc([N+](=O)[O-])cc1)N1C(O)C(NC(=O)COc2ccccc2)C1SS(=O)(=O)c1ccc(C)cc1. The van der Waals surface area contributed by atoms with Gasteiger partial charge in [0.15, 0.2) is 18.5 Å². The number of rotatable bonds is 12. The fourth-order valence-electron chi connectivity index (χ4n) is 4.21. The normalized spacial score (nSPS) is 18.4. The van der Waals surface area contributed by atoms with Gasteiger partial charge in [0.05, 0.1) is 9.82 Å². The standard InChI is InChI=1S/C29H29N3O10S2/c1-18-8-14-23(15-9-18)44(39,40)43-28-25(30-24(34)17-41-22-6-4-3-5-7-22)27(35)31(28)26(19(2)33)29(36)42-16-20-10-12-21(13-11-20)32(37)38/h3-15,25,27-28,33,35H,16-17H2,1-2H3,(H,30,34)/b26-19+. The van der Waals surface area contributed by atoms with Gasteiger partial charge in [-0.1, -0.05) is 35.9 Å². The van der Waals surface area contributed by atoms with E-state index in [1.165, 1.54) is 36.4 Å². The van der Waals surface area contributed by atoms with Gasteiger partial charge in [-0.25, -0.2) is 13.2 Å². The quantitative estimate of drug-likeness (QED) is 0.0654. The zero-order chi connectivity index (χ0) is 32.0. The third-order valence-corrected chi connectivity index (χ3v) is 10.2. The molecule has 3 unspecified atom stereocenters. The largest absolute Gasteiger partial charge is 0.510 e. The second-order valence-corrected chi connectivity index (χ2v) is 13.7. The van der Waals surface area contributed by atoms with Crippen molar-refractivity contribution in [2.24, 2.45) is 0 Å². The first kappa shape index (κ1) is 32.3. The Morgan fingerprint density at radius 3 is 2.27 bits per heavy atom. The highest BCUT2D eigenvalue weighted by Gasteiger charge is 2.54. The van der Waals surface area contributed by atoms with Crippen molar-refractivity contribution in [2.45, 2.75) is 43.0 Å². The highest BCUT2D eigenvalue weighted by Crippen LogP contribution is 2.42. The van der Waals surface area contributed by atoms with E-state index in [0.717, 1.165) is 17.4 Å². The number of allylic oxidation sites excluding steroid dienone is 1. The number of nitro benzene ring substituents is 1. The number of nitro groups is 1. The minimum Gasteiger partial charge on any atom is -0.510 e. The molecule has 1 heterocycles. The van der Waals surface area contributed by atoms with Crippen LogP contribution in [0.15, 0.2) is 95.2 Å². The number of hydrogen-bond acceptors (Lipinski definition) is 12. The minimum atomic E-state index is -4.10. The number of carbonyl (C=O) groups excluding carboxylic acids is 2. The first-order valence-corrected chi connectivity index (χ1v) is 16.0. The van der Waals surface area contributed by atoms with E-state index in [-0.39, 0.29) is 17.2 Å². The Bertz CT molecular complexity index is 1640. The predicted molar refractivity (Wildman–Crippen MR) is 160 cm³/mol. The van der Waals surface area contributed by atoms with Crippen LogP contribution in [0.4, 0.5) is 5.69 Å². The van der Waals surface area contributed by atoms with Gasteiger partial charge in [-0.2, -0.15) is 0 Å². The van der Waals surface area contributed by atoms with Gasteiger partial charge >= 0.3 is 5.97 Å². The molecule has 13 nitrogen and oxygen atoms in total. The van der Waals surface area contributed by atoms with Crippen molar-refractivity contribution in [1.29, 1.82) is 0 Å². The number of non-ortho nitro benzene ring substituents is 1. The van der Waals surface area contributed by atoms with Gasteiger partial charge in [-0.05, 0) is 55.8 Å². The third kappa shape index (κ3) is 7.67. The molecule has 1 aliphatic heterocycles. The monoisotopic (exact) mass is 643 g/mol. The van der Waals surface area contributed by atoms with Gasteiger partial charge in [0, 0.05) is 22.9 Å². The molecule has 15 heteroatoms. The van der Waals surface area contributed by atoms with Gasteiger partial charge in [0.1, 0.15) is 29.5 Å². The molecule has 3 atom stereocenters. The number of esters is 1. The van der Waals surface area contributed by atoms with Crippen molar-refractivity contribution in [1.82, 2.24) is 10.2 Å². The number of ether oxygens (including phenoxy) is 2. The van der Waals surface area contributed by atoms with E-state index < -0.39 is 61.4 Å². The molecule has 4 rings (SSSR count). The van der Waals surface area contributed by atoms with Gasteiger partial charge in [0.2, 0.25) is 8.87 Å². The van der Waals surface area contributed by atoms with Crippen molar-refractivity contribution < 1.29 is 42.6 Å². The number of aliphatic hydroxyl groups is 2. The summed E-state index contributed by atoms with van der Waals surface area (Å²) in [5, 5.41) is 33.7. The molecule has 0 spiro atoms. The summed E-state index contributed by atoms with van der Waals surface area (Å²) in [5.74, 6) is -1.92. The number of carbonyl (C=O) groups is 2. The molecule has 232 valence electrons. The Labute approximate surface area is 256 Å². The topological polar surface area (TPSA) is 186 Å². The van der Waals surface area contributed by atoms with E-state index in [1.54, 1.807) is 49.4 Å². The Morgan fingerprint density at radius 2 is 1.68 bits per heavy atom. The minimum absolute atomic E-state index is 0.0427. The van der Waals surface area contributed by atoms with Crippen LogP contribution in [0.25, 0.3) is 0 Å². The number of hydrogen-bond donors (Lipinski definition) is 3. The Hall–Kier alpha value is -4.60. The van der Waals surface area contributed by atoms with Gasteiger partial charge < -0.3 is 29.9 Å². The summed E-state index contributed by atoms with van der Waals surface area (Å²) in [6.07, 6.45) is -1.63. The summed E-state index contributed by atoms with van der Waals surface area (Å²) in [6.45, 7) is 2.17. The lowest BCUT2D eigenvalue weighted by Crippen LogP contribution is -2.72. The number of benzene rings is 3. The Balaban J connectivity index is 1.55. The van der Waals surface area contributed by atoms with Crippen LogP contribution in [0.5, 0.6) is 5.75 Å². The lowest BCUT2D eigenvalue weighted by Gasteiger charge is -2.52. The average molecular weight is 644 g/mol. The molecule has 1 aliphatic rings. The van der Waals surface area contributed by atoms with Crippen molar-refractivity contribution in [3.63, 3.8) is 0 Å². The Kier molecular flexibility index (Phi) is 10.1. The van der Waals surface area contributed by atoms with Crippen LogP contribution in [0.1, 0.15) is 18.1 Å². The maximum atomic E-state index is 13.4. The fourth-order valence-corrected chi connectivity index (χ4v) is 7.78. The van der Waals surface area contributed by atoms with E-state index in [9.17, 15) is 38.3 Å². The van der Waals surface area contributed by atoms with Gasteiger partial charge in [-0.15, -0.1) is 0 Å². The van der Waals surface area contributed by atoms with Crippen LogP contribution in [0.2, 0.25) is 0 Å². The highest BCUT2D eigenvalue weighted by atomic mass is 33.1. The van der Waals surface area contributed by atoms with Gasteiger partial charge in [-0.3, -0.25) is 14.9 Å². The first-order chi connectivity index (χ1) is 20.9. The molecule has 0 aliphatic carbocycles. The number of nitrogens with one attached hydrogen (secondary N) is 1. The van der Waals surface area contributed by atoms with E-state index in [0.29, 0.717) is 22.1 Å². The third-order valence-electron chi connectivity index (χ3n) is 6.47. The number of aliphatic hydroxyl groups excluding tert-OH is 2. The van der Waals surface area contributed by atoms with Crippen molar-refractivity contribution in [3.05, 3.63) is 112 Å². The highest BCUT2D eigenvalue weighted by molar-refractivity contribution is 8.72. The molecular weight excluding hydrogens is 614 g/mol. The molecule has 3 aromatic carbocycles. The summed E-state index contributed by atoms with van der Waals surface area (Å²) in [6, 6.07) is 18.6. The van der Waals surface area contributed by atoms with Crippen LogP contribution >= 0.6 is 10.8 Å². The zero-order valence-electron chi connectivity index (χ0n) is 23.5. The van der Waals surface area contributed by atoms with E-state index in [2.05, 4.69) is 5.32 Å². The fraction of sp³-hybridized carbons (Fsp3) is 0.241. The number of aryl methyl sites for hydroxylation is 1. The molecule has 0 saturated carbocycles. The van der Waals surface area contributed by atoms with E-state index >= 15 is 0 Å². The molecule has 3 aromatic rings. The summed E-state index contributed by atoms with van der Waals surface area (Å²) >= 11 is 0. The van der Waals surface area contributed by atoms with Crippen LogP contribution in [-0.2, 0) is 29.8 Å². The van der Waals surface area contributed by atoms with Crippen molar-refractivity contribution >= 4 is 37.2 Å². The molecule has 1 saturated heterocycles. The lowest BCUT2D eigenvalue weighted by atomic mass is 10.0. The molecule has 0 radical (unpaired) electrons. The number of nitrogens with zero attached hydrogens (tertiary/aromatic N) is 2. The molecular formula is C29H29N3O10S2. The molecule has 44 heavy (non-hydrogen) atoms. The molecule has 1 fully saturated rings.